The highest BCUT2D eigenvalue weighted by Gasteiger charge is 2.24. The van der Waals surface area contributed by atoms with Gasteiger partial charge in [0, 0.05) is 63.3 Å². The average Bonchev–Trinajstić information content (AvgIpc) is 2.69. The van der Waals surface area contributed by atoms with Crippen molar-refractivity contribution in [3.63, 3.8) is 0 Å². The van der Waals surface area contributed by atoms with Gasteiger partial charge in [0.25, 0.3) is 0 Å². The Morgan fingerprint density at radius 2 is 1.86 bits per heavy atom. The van der Waals surface area contributed by atoms with Crippen LogP contribution in [0.15, 0.2) is 24.3 Å². The largest absolute Gasteiger partial charge is 0.395 e. The Labute approximate surface area is 167 Å². The molecule has 0 spiro atoms. The first-order valence-corrected chi connectivity index (χ1v) is 10.5. The Balaban J connectivity index is 1.60. The van der Waals surface area contributed by atoms with Crippen molar-refractivity contribution in [2.75, 3.05) is 57.3 Å². The fourth-order valence-corrected chi connectivity index (χ4v) is 4.42. The van der Waals surface area contributed by atoms with Crippen molar-refractivity contribution < 1.29 is 10.2 Å². The molecule has 2 saturated heterocycles. The van der Waals surface area contributed by atoms with Crippen molar-refractivity contribution >= 4 is 16.7 Å². The van der Waals surface area contributed by atoms with E-state index < -0.39 is 0 Å². The van der Waals surface area contributed by atoms with Crippen molar-refractivity contribution in [2.45, 2.75) is 32.4 Å². The highest BCUT2D eigenvalue weighted by Crippen LogP contribution is 2.28. The monoisotopic (exact) mass is 384 g/mol. The molecule has 0 radical (unpaired) electrons. The third-order valence-electron chi connectivity index (χ3n) is 6.00. The smallest absolute Gasteiger partial charge is 0.133 e. The van der Waals surface area contributed by atoms with E-state index in [2.05, 4.69) is 45.9 Å². The summed E-state index contributed by atoms with van der Waals surface area (Å²) in [6.45, 7) is 9.64. The molecule has 152 valence electrons. The van der Waals surface area contributed by atoms with Crippen LogP contribution < -0.4 is 4.90 Å². The predicted octanol–water partition coefficient (Wildman–Crippen LogP) is 1.61. The number of aromatic nitrogens is 1. The van der Waals surface area contributed by atoms with E-state index in [-0.39, 0.29) is 12.7 Å². The average molecular weight is 385 g/mol. The van der Waals surface area contributed by atoms with E-state index in [0.29, 0.717) is 6.54 Å². The van der Waals surface area contributed by atoms with Gasteiger partial charge in [-0.25, -0.2) is 4.98 Å². The Hall–Kier alpha value is -1.73. The summed E-state index contributed by atoms with van der Waals surface area (Å²) >= 11 is 0. The van der Waals surface area contributed by atoms with Crippen molar-refractivity contribution in [1.82, 2.24) is 14.8 Å². The highest BCUT2D eigenvalue weighted by atomic mass is 16.3. The van der Waals surface area contributed by atoms with Gasteiger partial charge >= 0.3 is 0 Å². The van der Waals surface area contributed by atoms with Crippen LogP contribution >= 0.6 is 0 Å². The Kier molecular flexibility index (Phi) is 6.11. The molecule has 4 rings (SSSR count). The number of hydrogen-bond donors (Lipinski definition) is 2. The second-order valence-corrected chi connectivity index (χ2v) is 8.25. The zero-order chi connectivity index (χ0) is 19.5. The van der Waals surface area contributed by atoms with Crippen molar-refractivity contribution in [1.29, 1.82) is 0 Å². The Morgan fingerprint density at radius 3 is 2.61 bits per heavy atom. The van der Waals surface area contributed by atoms with Gasteiger partial charge in [-0.3, -0.25) is 9.80 Å². The molecule has 1 aromatic heterocycles. The zero-order valence-electron chi connectivity index (χ0n) is 16.8. The van der Waals surface area contributed by atoms with Gasteiger partial charge in [0.15, 0.2) is 0 Å². The fourth-order valence-electron chi connectivity index (χ4n) is 4.42. The van der Waals surface area contributed by atoms with Crippen molar-refractivity contribution in [3.05, 3.63) is 35.4 Å². The van der Waals surface area contributed by atoms with Crippen LogP contribution in [0.3, 0.4) is 0 Å². The number of β-amino-alcohol motifs (C(OH)–C–C–N with tert-alkyl or cyclic N) is 2. The van der Waals surface area contributed by atoms with Gasteiger partial charge in [-0.05, 0) is 38.0 Å². The third-order valence-corrected chi connectivity index (χ3v) is 6.00. The molecule has 28 heavy (non-hydrogen) atoms. The molecule has 2 N–H and O–H groups in total. The molecule has 0 aliphatic carbocycles. The highest BCUT2D eigenvalue weighted by molar-refractivity contribution is 5.82. The van der Waals surface area contributed by atoms with Crippen LogP contribution in [0.4, 0.5) is 5.82 Å². The number of piperazine rings is 1. The number of hydrogen-bond acceptors (Lipinski definition) is 6. The summed E-state index contributed by atoms with van der Waals surface area (Å²) in [5.74, 6) is 1.04. The van der Waals surface area contributed by atoms with E-state index in [4.69, 9.17) is 10.1 Å². The maximum absolute atomic E-state index is 10.2. The van der Waals surface area contributed by atoms with Crippen LogP contribution in [-0.2, 0) is 6.54 Å². The molecule has 0 bridgehead atoms. The van der Waals surface area contributed by atoms with Crippen LogP contribution in [0.25, 0.3) is 10.9 Å². The van der Waals surface area contributed by atoms with Gasteiger partial charge in [-0.2, -0.15) is 0 Å². The quantitative estimate of drug-likeness (QED) is 0.817. The summed E-state index contributed by atoms with van der Waals surface area (Å²) in [5.41, 5.74) is 3.53. The van der Waals surface area contributed by atoms with Crippen molar-refractivity contribution in [2.24, 2.45) is 0 Å². The van der Waals surface area contributed by atoms with E-state index >= 15 is 0 Å². The van der Waals surface area contributed by atoms with E-state index in [9.17, 15) is 5.11 Å². The molecule has 6 heteroatoms. The van der Waals surface area contributed by atoms with Gasteiger partial charge in [0.05, 0.1) is 18.2 Å². The molecule has 0 unspecified atom stereocenters. The van der Waals surface area contributed by atoms with E-state index in [1.807, 2.05) is 0 Å². The standard InChI is InChI=1S/C22H32N4O2/c1-17-4-5-21-18(13-17)14-19(15-25-9-7-24(8-10-25)11-12-27)22(23-21)26-6-2-3-20(28)16-26/h4-5,13-14,20,27-28H,2-3,6-12,15-16H2,1H3/t20-/m0/s1. The number of piperidine rings is 1. The number of rotatable bonds is 5. The molecule has 1 aromatic carbocycles. The lowest BCUT2D eigenvalue weighted by Crippen LogP contribution is -2.47. The van der Waals surface area contributed by atoms with Gasteiger partial charge in [-0.15, -0.1) is 0 Å². The topological polar surface area (TPSA) is 63.1 Å². The summed E-state index contributed by atoms with van der Waals surface area (Å²) in [4.78, 5) is 12.1. The van der Waals surface area contributed by atoms with Crippen LogP contribution in [0.1, 0.15) is 24.0 Å². The summed E-state index contributed by atoms with van der Waals surface area (Å²) in [7, 11) is 0. The lowest BCUT2D eigenvalue weighted by Gasteiger charge is -2.36. The van der Waals surface area contributed by atoms with Crippen LogP contribution in [0, 0.1) is 6.92 Å². The Bertz CT molecular complexity index is 804. The second-order valence-electron chi connectivity index (χ2n) is 8.25. The van der Waals surface area contributed by atoms with Crippen LogP contribution in [0.2, 0.25) is 0 Å². The molecule has 2 aliphatic rings. The predicted molar refractivity (Wildman–Crippen MR) is 113 cm³/mol. The van der Waals surface area contributed by atoms with Gasteiger partial charge in [0.2, 0.25) is 0 Å². The Morgan fingerprint density at radius 1 is 1.07 bits per heavy atom. The SMILES string of the molecule is Cc1ccc2nc(N3CCC[C@H](O)C3)c(CN3CCN(CCO)CC3)cc2c1. The first kappa shape index (κ1) is 19.6. The number of benzene rings is 1. The molecule has 6 nitrogen and oxygen atoms in total. The fraction of sp³-hybridized carbons (Fsp3) is 0.591. The van der Waals surface area contributed by atoms with E-state index in [1.165, 1.54) is 16.5 Å². The first-order valence-electron chi connectivity index (χ1n) is 10.5. The molecular weight excluding hydrogens is 352 g/mol. The number of fused-ring (bicyclic) bond motifs is 1. The lowest BCUT2D eigenvalue weighted by atomic mass is 10.0. The number of anilines is 1. The first-order chi connectivity index (χ1) is 13.6. The summed E-state index contributed by atoms with van der Waals surface area (Å²) < 4.78 is 0. The van der Waals surface area contributed by atoms with E-state index in [1.54, 1.807) is 0 Å². The minimum absolute atomic E-state index is 0.232. The van der Waals surface area contributed by atoms with Gasteiger partial charge < -0.3 is 15.1 Å². The molecule has 0 amide bonds. The normalized spacial score (nSPS) is 22.1. The number of nitrogens with zero attached hydrogens (tertiary/aromatic N) is 4. The maximum atomic E-state index is 10.2. The number of aliphatic hydroxyl groups is 2. The molecule has 0 saturated carbocycles. The number of aliphatic hydroxyl groups excluding tert-OH is 2. The molecular formula is C22H32N4O2. The summed E-state index contributed by atoms with van der Waals surface area (Å²) in [6.07, 6.45) is 1.62. The summed E-state index contributed by atoms with van der Waals surface area (Å²) in [5, 5.41) is 20.5. The third kappa shape index (κ3) is 4.46. The molecule has 3 heterocycles. The van der Waals surface area contributed by atoms with Crippen LogP contribution in [0.5, 0.6) is 0 Å². The second kappa shape index (κ2) is 8.74. The summed E-state index contributed by atoms with van der Waals surface area (Å²) in [6, 6.07) is 8.72. The van der Waals surface area contributed by atoms with E-state index in [0.717, 1.165) is 70.0 Å². The minimum atomic E-state index is -0.265. The lowest BCUT2D eigenvalue weighted by molar-refractivity contribution is 0.108. The zero-order valence-corrected chi connectivity index (χ0v) is 16.8. The van der Waals surface area contributed by atoms with Gasteiger partial charge in [-0.1, -0.05) is 11.6 Å². The minimum Gasteiger partial charge on any atom is -0.395 e. The molecule has 2 fully saturated rings. The number of aryl methyl sites for hydroxylation is 1. The molecule has 2 aliphatic heterocycles. The number of pyridine rings is 1. The van der Waals surface area contributed by atoms with Crippen LogP contribution in [-0.4, -0.2) is 83.5 Å². The molecule has 2 aromatic rings. The maximum Gasteiger partial charge on any atom is 0.133 e. The van der Waals surface area contributed by atoms with Gasteiger partial charge in [0.1, 0.15) is 5.82 Å². The molecule has 1 atom stereocenters. The van der Waals surface area contributed by atoms with Crippen molar-refractivity contribution in [3.8, 4) is 0 Å².